The summed E-state index contributed by atoms with van der Waals surface area (Å²) in [6.07, 6.45) is 0. The summed E-state index contributed by atoms with van der Waals surface area (Å²) >= 11 is 2.19. The first-order valence-electron chi connectivity index (χ1n) is 4.17. The molecule has 14 heavy (non-hydrogen) atoms. The van der Waals surface area contributed by atoms with Crippen LogP contribution in [0.3, 0.4) is 0 Å². The van der Waals surface area contributed by atoms with E-state index in [0.717, 1.165) is 5.75 Å². The molecule has 0 unspecified atom stereocenters. The van der Waals surface area contributed by atoms with Crippen LogP contribution in [0.1, 0.15) is 5.56 Å². The molecule has 0 fully saturated rings. The van der Waals surface area contributed by atoms with Crippen molar-refractivity contribution in [3.63, 3.8) is 0 Å². The van der Waals surface area contributed by atoms with Crippen LogP contribution in [0.4, 0.5) is 0 Å². The second-order valence-electron chi connectivity index (χ2n) is 2.42. The van der Waals surface area contributed by atoms with Crippen molar-refractivity contribution in [1.82, 2.24) is 0 Å². The van der Waals surface area contributed by atoms with Gasteiger partial charge in [0, 0.05) is 0 Å². The van der Waals surface area contributed by atoms with Crippen molar-refractivity contribution in [2.75, 3.05) is 0 Å². The normalized spacial score (nSPS) is 10.6. The van der Waals surface area contributed by atoms with E-state index in [2.05, 4.69) is 47.3 Å². The molecule has 1 aromatic rings. The Kier molecular flexibility index (Phi) is 7.06. The third kappa shape index (κ3) is 5.61. The van der Waals surface area contributed by atoms with Gasteiger partial charge in [-0.2, -0.15) is 0 Å². The van der Waals surface area contributed by atoms with Gasteiger partial charge in [0.05, 0.1) is 0 Å². The first-order valence-corrected chi connectivity index (χ1v) is 9.11. The van der Waals surface area contributed by atoms with Crippen molar-refractivity contribution in [2.45, 2.75) is 5.75 Å². The number of thioether (sulfide) groups is 1. The van der Waals surface area contributed by atoms with E-state index in [-0.39, 0.29) is 0 Å². The van der Waals surface area contributed by atoms with Gasteiger partial charge in [0.1, 0.15) is 0 Å². The number of hydrogen-bond donors (Lipinski definition) is 0. The van der Waals surface area contributed by atoms with Gasteiger partial charge in [0.25, 0.3) is 0 Å². The van der Waals surface area contributed by atoms with E-state index in [1.54, 1.807) is 11.8 Å². The van der Waals surface area contributed by atoms with Crippen LogP contribution >= 0.6 is 21.9 Å². The molecule has 0 radical (unpaired) electrons. The molecule has 0 saturated carbocycles. The van der Waals surface area contributed by atoms with Gasteiger partial charge in [-0.1, -0.05) is 0 Å². The first-order chi connectivity index (χ1) is 6.93. The predicted octanol–water partition coefficient (Wildman–Crippen LogP) is 3.89. The summed E-state index contributed by atoms with van der Waals surface area (Å²) in [6.45, 7) is 3.64. The molecule has 0 nitrogen and oxygen atoms in total. The van der Waals surface area contributed by atoms with Gasteiger partial charge in [0.2, 0.25) is 0 Å². The Morgan fingerprint density at radius 2 is 2.07 bits per heavy atom. The van der Waals surface area contributed by atoms with E-state index in [0.29, 0.717) is 13.8 Å². The fraction of sp³-hybridized carbons (Fsp3) is 0.0909. The van der Waals surface area contributed by atoms with E-state index < -0.39 is 0 Å². The first kappa shape index (κ1) is 12.0. The minimum absolute atomic E-state index is 0.547. The summed E-state index contributed by atoms with van der Waals surface area (Å²) in [7, 11) is 1.98. The number of benzene rings is 1. The van der Waals surface area contributed by atoms with Crippen LogP contribution in [0, 0.1) is 0 Å². The SMILES string of the molecule is C=CS/C=C\[Se]SCc1ccccc1. The standard InChI is InChI=1S/C11H12S2Se/c1-2-12-8-9-14-13-10-11-6-4-3-5-7-11/h2-9H,1,10H2/b9-8-. The molecular weight excluding hydrogens is 275 g/mol. The molecule has 0 aromatic heterocycles. The van der Waals surface area contributed by atoms with Crippen molar-refractivity contribution in [3.8, 4) is 0 Å². The van der Waals surface area contributed by atoms with Gasteiger partial charge in [-0.05, 0) is 0 Å². The number of rotatable bonds is 6. The van der Waals surface area contributed by atoms with E-state index in [9.17, 15) is 0 Å². The molecule has 3 heteroatoms. The molecule has 74 valence electrons. The maximum absolute atomic E-state index is 3.64. The zero-order valence-electron chi connectivity index (χ0n) is 7.76. The molecule has 0 amide bonds. The second kappa shape index (κ2) is 8.25. The summed E-state index contributed by atoms with van der Waals surface area (Å²) < 4.78 is 0. The van der Waals surface area contributed by atoms with Crippen molar-refractivity contribution < 1.29 is 0 Å². The van der Waals surface area contributed by atoms with Gasteiger partial charge in [0.15, 0.2) is 0 Å². The van der Waals surface area contributed by atoms with E-state index in [1.807, 2.05) is 15.6 Å². The zero-order chi connectivity index (χ0) is 10.1. The predicted molar refractivity (Wildman–Crippen MR) is 70.4 cm³/mol. The second-order valence-corrected chi connectivity index (χ2v) is 7.28. The minimum atomic E-state index is 0.547. The van der Waals surface area contributed by atoms with Crippen LogP contribution in [-0.4, -0.2) is 13.8 Å². The molecule has 1 aromatic carbocycles. The summed E-state index contributed by atoms with van der Waals surface area (Å²) in [5.41, 5.74) is 1.41. The average Bonchev–Trinajstić information content (AvgIpc) is 2.25. The van der Waals surface area contributed by atoms with E-state index in [4.69, 9.17) is 0 Å². The molecule has 0 aliphatic carbocycles. The summed E-state index contributed by atoms with van der Waals surface area (Å²) in [5, 5.41) is 3.94. The molecule has 0 saturated heterocycles. The van der Waals surface area contributed by atoms with Gasteiger partial charge in [-0.3, -0.25) is 0 Å². The van der Waals surface area contributed by atoms with E-state index in [1.165, 1.54) is 5.56 Å². The van der Waals surface area contributed by atoms with Crippen molar-refractivity contribution >= 4 is 35.8 Å². The Morgan fingerprint density at radius 1 is 1.29 bits per heavy atom. The van der Waals surface area contributed by atoms with Crippen molar-refractivity contribution in [3.05, 3.63) is 58.3 Å². The number of hydrogen-bond acceptors (Lipinski definition) is 2. The summed E-state index contributed by atoms with van der Waals surface area (Å²) in [4.78, 5) is 2.23. The van der Waals surface area contributed by atoms with Gasteiger partial charge < -0.3 is 0 Å². The van der Waals surface area contributed by atoms with Crippen LogP contribution in [0.2, 0.25) is 0 Å². The van der Waals surface area contributed by atoms with Crippen LogP contribution in [-0.2, 0) is 5.75 Å². The Hall–Kier alpha value is -0.0805. The topological polar surface area (TPSA) is 0 Å². The van der Waals surface area contributed by atoms with E-state index >= 15 is 0 Å². The fourth-order valence-electron chi connectivity index (χ4n) is 0.826. The van der Waals surface area contributed by atoms with Gasteiger partial charge >= 0.3 is 99.8 Å². The van der Waals surface area contributed by atoms with Crippen molar-refractivity contribution in [2.24, 2.45) is 0 Å². The van der Waals surface area contributed by atoms with Crippen LogP contribution < -0.4 is 0 Å². The van der Waals surface area contributed by atoms with Crippen LogP contribution in [0.15, 0.2) is 52.7 Å². The molecule has 1 rings (SSSR count). The Balaban J connectivity index is 2.13. The summed E-state index contributed by atoms with van der Waals surface area (Å²) in [5.74, 6) is 1.12. The molecule has 0 spiro atoms. The average molecular weight is 287 g/mol. The molecule has 0 aliphatic heterocycles. The Bertz CT molecular complexity index is 283. The third-order valence-electron chi connectivity index (χ3n) is 1.42. The molecule has 0 atom stereocenters. The fourth-order valence-corrected chi connectivity index (χ4v) is 4.70. The Morgan fingerprint density at radius 3 is 2.79 bits per heavy atom. The summed E-state index contributed by atoms with van der Waals surface area (Å²) in [6, 6.07) is 10.6. The quantitative estimate of drug-likeness (QED) is 0.575. The molecular formula is C11H12S2Se. The molecule has 0 aliphatic rings. The monoisotopic (exact) mass is 288 g/mol. The van der Waals surface area contributed by atoms with Crippen LogP contribution in [0.25, 0.3) is 0 Å². The van der Waals surface area contributed by atoms with Crippen LogP contribution in [0.5, 0.6) is 0 Å². The van der Waals surface area contributed by atoms with Gasteiger partial charge in [-0.15, -0.1) is 0 Å². The zero-order valence-corrected chi connectivity index (χ0v) is 11.1. The third-order valence-corrected chi connectivity index (χ3v) is 5.58. The molecule has 0 N–H and O–H groups in total. The molecule has 0 heterocycles. The Labute approximate surface area is 99.5 Å². The maximum atomic E-state index is 3.64. The molecule has 0 bridgehead atoms. The van der Waals surface area contributed by atoms with Crippen molar-refractivity contribution in [1.29, 1.82) is 0 Å². The van der Waals surface area contributed by atoms with Gasteiger partial charge in [-0.25, -0.2) is 0 Å².